The van der Waals surface area contributed by atoms with Crippen molar-refractivity contribution >= 4 is 43.6 Å². The first kappa shape index (κ1) is 44.3. The Morgan fingerprint density at radius 3 is 0.986 bits per heavy atom. The van der Waals surface area contributed by atoms with Gasteiger partial charge in [-0.25, -0.2) is 0 Å². The molecule has 2 aromatic heterocycles. The van der Waals surface area contributed by atoms with Crippen LogP contribution in [-0.4, -0.2) is 9.13 Å². The van der Waals surface area contributed by atoms with Crippen molar-refractivity contribution in [1.82, 2.24) is 9.13 Å². The van der Waals surface area contributed by atoms with Crippen LogP contribution in [-0.2, 0) is 6.18 Å². The Morgan fingerprint density at radius 2 is 0.681 bits per heavy atom. The fourth-order valence-corrected chi connectivity index (χ4v) is 10.8. The lowest BCUT2D eigenvalue weighted by Crippen LogP contribution is -2.10. The molecule has 2 heterocycles. The zero-order chi connectivity index (χ0) is 49.4. The van der Waals surface area contributed by atoms with Gasteiger partial charge >= 0.3 is 6.18 Å². The quantitative estimate of drug-likeness (QED) is 0.157. The highest BCUT2D eigenvalue weighted by atomic mass is 19.4. The minimum absolute atomic E-state index is 0.00464. The molecule has 3 nitrogen and oxygen atoms in total. The van der Waals surface area contributed by atoms with Crippen LogP contribution in [0.2, 0.25) is 0 Å². The Balaban J connectivity index is 1.22. The Morgan fingerprint density at radius 1 is 0.361 bits per heavy atom. The molecular weight excluding hydrogens is 892 g/mol. The maximum atomic E-state index is 15.7. The molecule has 0 radical (unpaired) electrons. The second-order valence-corrected chi connectivity index (χ2v) is 19.1. The lowest BCUT2D eigenvalue weighted by atomic mass is 9.94. The van der Waals surface area contributed by atoms with Crippen molar-refractivity contribution in [2.75, 3.05) is 0 Å². The molecule has 0 N–H and O–H groups in total. The summed E-state index contributed by atoms with van der Waals surface area (Å²) in [4.78, 5) is 0. The Bertz CT molecular complexity index is 3780. The first-order valence-corrected chi connectivity index (χ1v) is 24.1. The number of benzene rings is 10. The van der Waals surface area contributed by atoms with E-state index in [2.05, 4.69) is 213 Å². The van der Waals surface area contributed by atoms with Gasteiger partial charge in [0.05, 0.1) is 50.6 Å². The molecule has 0 spiro atoms. The summed E-state index contributed by atoms with van der Waals surface area (Å²) in [5, 5.41) is 14.8. The van der Waals surface area contributed by atoms with Crippen LogP contribution < -0.4 is 0 Å². The summed E-state index contributed by atoms with van der Waals surface area (Å²) < 4.78 is 51.3. The minimum Gasteiger partial charge on any atom is -0.308 e. The van der Waals surface area contributed by atoms with Gasteiger partial charge in [-0.2, -0.15) is 18.4 Å². The molecule has 12 rings (SSSR count). The van der Waals surface area contributed by atoms with E-state index in [-0.39, 0.29) is 5.56 Å². The normalized spacial score (nSPS) is 11.8. The minimum atomic E-state index is -4.71. The molecule has 6 heteroatoms. The van der Waals surface area contributed by atoms with Crippen molar-refractivity contribution in [2.45, 2.75) is 33.9 Å². The summed E-state index contributed by atoms with van der Waals surface area (Å²) in [6.07, 6.45) is -4.71. The molecule has 10 aromatic carbocycles. The summed E-state index contributed by atoms with van der Waals surface area (Å²) in [7, 11) is 0. The first-order chi connectivity index (χ1) is 34.9. The molecule has 0 atom stereocenters. The smallest absolute Gasteiger partial charge is 0.308 e. The molecule has 72 heavy (non-hydrogen) atoms. The number of rotatable bonds is 7. The van der Waals surface area contributed by atoms with Crippen LogP contribution in [0.3, 0.4) is 0 Å². The molecule has 0 unspecified atom stereocenters. The van der Waals surface area contributed by atoms with Gasteiger partial charge in [0, 0.05) is 27.1 Å². The fourth-order valence-electron chi connectivity index (χ4n) is 10.8. The molecule has 0 fully saturated rings. The Labute approximate surface area is 415 Å². The number of fused-ring (bicyclic) bond motifs is 6. The van der Waals surface area contributed by atoms with Crippen molar-refractivity contribution in [3.8, 4) is 73.1 Å². The van der Waals surface area contributed by atoms with Crippen LogP contribution >= 0.6 is 0 Å². The maximum absolute atomic E-state index is 15.7. The van der Waals surface area contributed by atoms with Gasteiger partial charge in [0.2, 0.25) is 0 Å². The van der Waals surface area contributed by atoms with Crippen LogP contribution in [0.5, 0.6) is 0 Å². The first-order valence-electron chi connectivity index (χ1n) is 24.1. The van der Waals surface area contributed by atoms with E-state index in [4.69, 9.17) is 0 Å². The number of hydrogen-bond acceptors (Lipinski definition) is 1. The van der Waals surface area contributed by atoms with E-state index in [0.717, 1.165) is 116 Å². The van der Waals surface area contributed by atoms with E-state index >= 15 is 13.2 Å². The van der Waals surface area contributed by atoms with Gasteiger partial charge in [0.1, 0.15) is 0 Å². The molecule has 0 aliphatic heterocycles. The molecule has 0 saturated heterocycles. The van der Waals surface area contributed by atoms with E-state index in [1.54, 1.807) is 24.3 Å². The summed E-state index contributed by atoms with van der Waals surface area (Å²) in [6.45, 7) is 8.30. The highest BCUT2D eigenvalue weighted by Crippen LogP contribution is 2.48. The van der Waals surface area contributed by atoms with Gasteiger partial charge in [0.25, 0.3) is 0 Å². The topological polar surface area (TPSA) is 33.6 Å². The maximum Gasteiger partial charge on any atom is 0.417 e. The lowest BCUT2D eigenvalue weighted by molar-refractivity contribution is -0.137. The number of hydrogen-bond donors (Lipinski definition) is 0. The molecule has 0 aliphatic carbocycles. The van der Waals surface area contributed by atoms with E-state index in [0.29, 0.717) is 22.5 Å². The van der Waals surface area contributed by atoms with Crippen molar-refractivity contribution in [3.63, 3.8) is 0 Å². The van der Waals surface area contributed by atoms with Gasteiger partial charge in [-0.05, 0) is 144 Å². The molecule has 0 aliphatic rings. The monoisotopic (exact) mass is 937 g/mol. The molecular formula is C66H46F3N3. The van der Waals surface area contributed by atoms with Gasteiger partial charge in [-0.3, -0.25) is 0 Å². The van der Waals surface area contributed by atoms with Gasteiger partial charge in [-0.15, -0.1) is 0 Å². The molecule has 0 amide bonds. The third-order valence-corrected chi connectivity index (χ3v) is 14.1. The highest BCUT2D eigenvalue weighted by Gasteiger charge is 2.36. The predicted molar refractivity (Wildman–Crippen MR) is 291 cm³/mol. The van der Waals surface area contributed by atoms with Crippen molar-refractivity contribution in [1.29, 1.82) is 5.26 Å². The van der Waals surface area contributed by atoms with E-state index < -0.39 is 11.7 Å². The van der Waals surface area contributed by atoms with Crippen molar-refractivity contribution < 1.29 is 13.2 Å². The zero-order valence-corrected chi connectivity index (χ0v) is 40.1. The highest BCUT2D eigenvalue weighted by molar-refractivity contribution is 6.14. The molecule has 346 valence electrons. The Hall–Kier alpha value is -8.92. The number of nitriles is 1. The van der Waals surface area contributed by atoms with Crippen molar-refractivity contribution in [2.24, 2.45) is 0 Å². The number of nitrogens with zero attached hydrogens (tertiary/aromatic N) is 3. The zero-order valence-electron chi connectivity index (χ0n) is 40.1. The van der Waals surface area contributed by atoms with E-state index in [1.807, 2.05) is 0 Å². The second-order valence-electron chi connectivity index (χ2n) is 19.1. The van der Waals surface area contributed by atoms with Crippen LogP contribution in [0, 0.1) is 39.0 Å². The number of halogens is 3. The van der Waals surface area contributed by atoms with Crippen LogP contribution in [0.1, 0.15) is 33.4 Å². The van der Waals surface area contributed by atoms with E-state index in [1.165, 1.54) is 6.07 Å². The van der Waals surface area contributed by atoms with Crippen LogP contribution in [0.4, 0.5) is 13.2 Å². The summed E-state index contributed by atoms with van der Waals surface area (Å²) in [5.41, 5.74) is 16.8. The van der Waals surface area contributed by atoms with Crippen LogP contribution in [0.15, 0.2) is 206 Å². The largest absolute Gasteiger partial charge is 0.417 e. The van der Waals surface area contributed by atoms with E-state index in [9.17, 15) is 5.26 Å². The van der Waals surface area contributed by atoms with Gasteiger partial charge in [-0.1, -0.05) is 162 Å². The SMILES string of the molecule is Cc1cccc(-c2ccc3c(c2)c2cc(-c4cccc(C)c4)ccc2n3-c2cc(C#N)cc(-n3c4ccc(-c5cccc(C)c5)cc4c4cc(-c5cccc(C)c5)ccc43)c2-c2ccccc2C(F)(F)F)c1. The second kappa shape index (κ2) is 17.2. The summed E-state index contributed by atoms with van der Waals surface area (Å²) in [6, 6.07) is 70.6. The van der Waals surface area contributed by atoms with Crippen molar-refractivity contribution in [3.05, 3.63) is 240 Å². The third-order valence-electron chi connectivity index (χ3n) is 14.1. The number of alkyl halides is 3. The summed E-state index contributed by atoms with van der Waals surface area (Å²) >= 11 is 0. The molecule has 12 aromatic rings. The average molecular weight is 938 g/mol. The third kappa shape index (κ3) is 7.62. The fraction of sp³-hybridized carbons (Fsp3) is 0.0758. The van der Waals surface area contributed by atoms with Gasteiger partial charge in [0.15, 0.2) is 0 Å². The van der Waals surface area contributed by atoms with Gasteiger partial charge < -0.3 is 9.13 Å². The standard InChI is InChI=1S/C66H46F3N3/c1-40-11-7-15-45(29-40)49-21-25-59-54(35-49)55-36-50(46-16-8-12-41(2)30-46)22-26-60(55)71(59)63-33-44(39-70)34-64(65(63)53-19-5-6-20-58(53)66(67,68)69)72-61-27-23-51(47-17-9-13-42(3)31-47)37-56(61)57-38-52(24-28-62(57)72)48-18-10-14-43(4)32-48/h5-38H,1-4H3. The number of aryl methyl sites for hydroxylation is 4. The average Bonchev–Trinajstić information content (AvgIpc) is 3.89. The predicted octanol–water partition coefficient (Wildman–Crippen LogP) is 18.3. The molecule has 0 saturated carbocycles. The van der Waals surface area contributed by atoms with Crippen LogP contribution in [0.25, 0.3) is 111 Å². The summed E-state index contributed by atoms with van der Waals surface area (Å²) in [5.74, 6) is 0. The Kier molecular flexibility index (Phi) is 10.6. The molecule has 0 bridgehead atoms. The number of aromatic nitrogens is 2. The lowest BCUT2D eigenvalue weighted by Gasteiger charge is -2.23.